The average Bonchev–Trinajstić information content (AvgIpc) is 2.17. The lowest BCUT2D eigenvalue weighted by Crippen LogP contribution is -2.12. The SMILES string of the molecule is CCCS(=O)(=O)c1ccncc1C(=O)O. The fourth-order valence-corrected chi connectivity index (χ4v) is 2.69. The van der Waals surface area contributed by atoms with Gasteiger partial charge in [0, 0.05) is 12.4 Å². The van der Waals surface area contributed by atoms with Crippen LogP contribution in [0.25, 0.3) is 0 Å². The molecule has 0 aliphatic rings. The van der Waals surface area contributed by atoms with Gasteiger partial charge >= 0.3 is 5.97 Å². The zero-order valence-electron chi connectivity index (χ0n) is 8.17. The molecule has 0 saturated carbocycles. The van der Waals surface area contributed by atoms with Gasteiger partial charge in [-0.3, -0.25) is 4.98 Å². The predicted octanol–water partition coefficient (Wildman–Crippen LogP) is 0.964. The molecule has 6 heteroatoms. The number of aromatic nitrogens is 1. The van der Waals surface area contributed by atoms with E-state index in [9.17, 15) is 13.2 Å². The minimum Gasteiger partial charge on any atom is -0.478 e. The second-order valence-electron chi connectivity index (χ2n) is 3.00. The molecule has 0 aliphatic carbocycles. The van der Waals surface area contributed by atoms with Crippen molar-refractivity contribution < 1.29 is 18.3 Å². The van der Waals surface area contributed by atoms with Crippen LogP contribution in [0.3, 0.4) is 0 Å². The molecular weight excluding hydrogens is 218 g/mol. The van der Waals surface area contributed by atoms with Gasteiger partial charge in [-0.2, -0.15) is 0 Å². The van der Waals surface area contributed by atoms with Crippen molar-refractivity contribution in [3.8, 4) is 0 Å². The van der Waals surface area contributed by atoms with E-state index in [2.05, 4.69) is 4.98 Å². The van der Waals surface area contributed by atoms with Gasteiger partial charge in [-0.05, 0) is 12.5 Å². The summed E-state index contributed by atoms with van der Waals surface area (Å²) in [5.41, 5.74) is -0.272. The summed E-state index contributed by atoms with van der Waals surface area (Å²) in [4.78, 5) is 14.2. The summed E-state index contributed by atoms with van der Waals surface area (Å²) in [6.07, 6.45) is 2.77. The Morgan fingerprint density at radius 2 is 2.20 bits per heavy atom. The third-order valence-electron chi connectivity index (χ3n) is 1.82. The molecule has 0 fully saturated rings. The van der Waals surface area contributed by atoms with Crippen LogP contribution in [-0.2, 0) is 9.84 Å². The van der Waals surface area contributed by atoms with Crippen LogP contribution in [0.5, 0.6) is 0 Å². The number of pyridine rings is 1. The van der Waals surface area contributed by atoms with E-state index in [1.165, 1.54) is 12.3 Å². The Morgan fingerprint density at radius 1 is 1.53 bits per heavy atom. The van der Waals surface area contributed by atoms with Gasteiger partial charge in [0.25, 0.3) is 0 Å². The fraction of sp³-hybridized carbons (Fsp3) is 0.333. The molecule has 0 saturated heterocycles. The number of hydrogen-bond acceptors (Lipinski definition) is 4. The maximum absolute atomic E-state index is 11.7. The van der Waals surface area contributed by atoms with Crippen molar-refractivity contribution in [1.29, 1.82) is 0 Å². The molecular formula is C9H11NO4S. The van der Waals surface area contributed by atoms with Crippen molar-refractivity contribution in [2.75, 3.05) is 5.75 Å². The Hall–Kier alpha value is -1.43. The summed E-state index contributed by atoms with van der Waals surface area (Å²) in [5.74, 6) is -1.34. The van der Waals surface area contributed by atoms with Crippen molar-refractivity contribution in [1.82, 2.24) is 4.98 Å². The first-order chi connectivity index (χ1) is 6.99. The van der Waals surface area contributed by atoms with Gasteiger partial charge < -0.3 is 5.11 Å². The Bertz CT molecular complexity index is 467. The summed E-state index contributed by atoms with van der Waals surface area (Å²) < 4.78 is 23.3. The number of aromatic carboxylic acids is 1. The summed E-state index contributed by atoms with van der Waals surface area (Å²) >= 11 is 0. The maximum Gasteiger partial charge on any atom is 0.338 e. The molecule has 1 heterocycles. The van der Waals surface area contributed by atoms with Crippen LogP contribution in [0.15, 0.2) is 23.4 Å². The lowest BCUT2D eigenvalue weighted by Gasteiger charge is -2.05. The van der Waals surface area contributed by atoms with E-state index in [4.69, 9.17) is 5.11 Å². The topological polar surface area (TPSA) is 84.3 Å². The summed E-state index contributed by atoms with van der Waals surface area (Å²) in [6, 6.07) is 1.22. The maximum atomic E-state index is 11.7. The van der Waals surface area contributed by atoms with Crippen molar-refractivity contribution in [2.24, 2.45) is 0 Å². The molecule has 0 spiro atoms. The van der Waals surface area contributed by atoms with E-state index in [0.29, 0.717) is 6.42 Å². The first-order valence-electron chi connectivity index (χ1n) is 4.39. The average molecular weight is 229 g/mol. The normalized spacial score (nSPS) is 11.3. The van der Waals surface area contributed by atoms with E-state index < -0.39 is 15.8 Å². The second kappa shape index (κ2) is 4.39. The predicted molar refractivity (Wildman–Crippen MR) is 53.5 cm³/mol. The van der Waals surface area contributed by atoms with E-state index in [1.54, 1.807) is 6.92 Å². The highest BCUT2D eigenvalue weighted by Crippen LogP contribution is 2.16. The molecule has 15 heavy (non-hydrogen) atoms. The molecule has 0 amide bonds. The second-order valence-corrected chi connectivity index (χ2v) is 5.07. The van der Waals surface area contributed by atoms with Gasteiger partial charge in [-0.25, -0.2) is 13.2 Å². The van der Waals surface area contributed by atoms with Gasteiger partial charge in [-0.15, -0.1) is 0 Å². The third kappa shape index (κ3) is 2.53. The minimum absolute atomic E-state index is 0.0582. The van der Waals surface area contributed by atoms with E-state index in [1.807, 2.05) is 0 Å². The lowest BCUT2D eigenvalue weighted by molar-refractivity contribution is 0.0692. The van der Waals surface area contributed by atoms with Crippen molar-refractivity contribution in [3.63, 3.8) is 0 Å². The number of carboxylic acid groups (broad SMARTS) is 1. The zero-order chi connectivity index (χ0) is 11.5. The molecule has 0 unspecified atom stereocenters. The van der Waals surface area contributed by atoms with E-state index >= 15 is 0 Å². The Morgan fingerprint density at radius 3 is 2.73 bits per heavy atom. The molecule has 1 aromatic heterocycles. The smallest absolute Gasteiger partial charge is 0.338 e. The molecule has 5 nitrogen and oxygen atoms in total. The molecule has 82 valence electrons. The molecule has 0 aromatic carbocycles. The van der Waals surface area contributed by atoms with E-state index in [-0.39, 0.29) is 16.2 Å². The van der Waals surface area contributed by atoms with Crippen LogP contribution < -0.4 is 0 Å². The Labute approximate surface area is 87.7 Å². The largest absolute Gasteiger partial charge is 0.478 e. The van der Waals surface area contributed by atoms with Gasteiger partial charge in [0.1, 0.15) is 0 Å². The first kappa shape index (κ1) is 11.6. The van der Waals surface area contributed by atoms with Gasteiger partial charge in [-0.1, -0.05) is 6.92 Å². The lowest BCUT2D eigenvalue weighted by atomic mass is 10.3. The van der Waals surface area contributed by atoms with Crippen LogP contribution in [0.2, 0.25) is 0 Å². The third-order valence-corrected chi connectivity index (χ3v) is 3.79. The van der Waals surface area contributed by atoms with Gasteiger partial charge in [0.15, 0.2) is 9.84 Å². The Kier molecular flexibility index (Phi) is 3.41. The van der Waals surface area contributed by atoms with Crippen molar-refractivity contribution >= 4 is 15.8 Å². The molecule has 0 aliphatic heterocycles. The highest BCUT2D eigenvalue weighted by Gasteiger charge is 2.21. The summed E-state index contributed by atoms with van der Waals surface area (Å²) in [6.45, 7) is 1.72. The first-order valence-corrected chi connectivity index (χ1v) is 6.04. The number of sulfone groups is 1. The van der Waals surface area contributed by atoms with Crippen molar-refractivity contribution in [2.45, 2.75) is 18.2 Å². The number of carboxylic acids is 1. The Balaban J connectivity index is 3.31. The molecule has 0 bridgehead atoms. The number of rotatable bonds is 4. The van der Waals surface area contributed by atoms with Crippen molar-refractivity contribution in [3.05, 3.63) is 24.0 Å². The molecule has 0 radical (unpaired) electrons. The van der Waals surface area contributed by atoms with Crippen LogP contribution in [0.1, 0.15) is 23.7 Å². The monoisotopic (exact) mass is 229 g/mol. The number of hydrogen-bond donors (Lipinski definition) is 1. The van der Waals surface area contributed by atoms with Gasteiger partial charge in [0.2, 0.25) is 0 Å². The quantitative estimate of drug-likeness (QED) is 0.831. The summed E-state index contributed by atoms with van der Waals surface area (Å²) in [7, 11) is -3.51. The fourth-order valence-electron chi connectivity index (χ4n) is 1.19. The molecule has 1 rings (SSSR count). The van der Waals surface area contributed by atoms with Crippen LogP contribution in [0.4, 0.5) is 0 Å². The zero-order valence-corrected chi connectivity index (χ0v) is 8.99. The van der Waals surface area contributed by atoms with E-state index in [0.717, 1.165) is 6.20 Å². The van der Waals surface area contributed by atoms with Gasteiger partial charge in [0.05, 0.1) is 16.2 Å². The molecule has 1 N–H and O–H groups in total. The van der Waals surface area contributed by atoms with Crippen LogP contribution in [0, 0.1) is 0 Å². The highest BCUT2D eigenvalue weighted by atomic mass is 32.2. The standard InChI is InChI=1S/C9H11NO4S/c1-2-5-15(13,14)8-3-4-10-6-7(8)9(11)12/h3-4,6H,2,5H2,1H3,(H,11,12). The highest BCUT2D eigenvalue weighted by molar-refractivity contribution is 7.91. The van der Waals surface area contributed by atoms with Crippen LogP contribution in [-0.4, -0.2) is 30.2 Å². The number of nitrogens with zero attached hydrogens (tertiary/aromatic N) is 1. The molecule has 0 atom stereocenters. The van der Waals surface area contributed by atoms with Crippen LogP contribution >= 0.6 is 0 Å². The number of carbonyl (C=O) groups is 1. The minimum atomic E-state index is -3.51. The summed E-state index contributed by atoms with van der Waals surface area (Å²) in [5, 5.41) is 8.79. The molecule has 1 aromatic rings.